The van der Waals surface area contributed by atoms with Gasteiger partial charge >= 0.3 is 5.97 Å². The van der Waals surface area contributed by atoms with Gasteiger partial charge in [-0.3, -0.25) is 4.79 Å². The number of carbonyl (C=O) groups is 1. The van der Waals surface area contributed by atoms with Crippen LogP contribution in [0.25, 0.3) is 0 Å². The Hall–Kier alpha value is -0.860. The molecule has 1 heterocycles. The van der Waals surface area contributed by atoms with Gasteiger partial charge in [0.25, 0.3) is 0 Å². The number of nitrogens with one attached hydrogen (secondary N) is 1. The van der Waals surface area contributed by atoms with Crippen molar-refractivity contribution in [3.8, 4) is 0 Å². The number of nitrogens with zero attached hydrogens (tertiary/aromatic N) is 3. The maximum atomic E-state index is 10.5. The normalized spacial score (nSPS) is 17.2. The van der Waals surface area contributed by atoms with Crippen molar-refractivity contribution in [2.75, 3.05) is 31.7 Å². The highest BCUT2D eigenvalue weighted by Crippen LogP contribution is 2.36. The minimum atomic E-state index is -0.837. The second-order valence-corrected chi connectivity index (χ2v) is 7.08. The van der Waals surface area contributed by atoms with Crippen molar-refractivity contribution >= 4 is 34.2 Å². The van der Waals surface area contributed by atoms with Crippen LogP contribution in [0.4, 0.5) is 5.13 Å². The third kappa shape index (κ3) is 3.58. The minimum Gasteiger partial charge on any atom is -0.481 e. The Morgan fingerprint density at radius 3 is 2.79 bits per heavy atom. The Morgan fingerprint density at radius 1 is 1.53 bits per heavy atom. The Kier molecular flexibility index (Phi) is 4.64. The first kappa shape index (κ1) is 14.5. The fourth-order valence-electron chi connectivity index (χ4n) is 2.07. The Labute approximate surface area is 120 Å². The average molecular weight is 302 g/mol. The van der Waals surface area contributed by atoms with Gasteiger partial charge in [-0.05, 0) is 33.4 Å². The third-order valence-electron chi connectivity index (χ3n) is 3.53. The van der Waals surface area contributed by atoms with E-state index in [9.17, 15) is 4.79 Å². The van der Waals surface area contributed by atoms with Crippen molar-refractivity contribution in [2.45, 2.75) is 29.1 Å². The van der Waals surface area contributed by atoms with E-state index >= 15 is 0 Å². The van der Waals surface area contributed by atoms with Gasteiger partial charge in [-0.1, -0.05) is 23.1 Å². The molecular formula is C11H18N4O2S2. The van der Waals surface area contributed by atoms with Crippen LogP contribution in [0.5, 0.6) is 0 Å². The quantitative estimate of drug-likeness (QED) is 0.741. The average Bonchev–Trinajstić information content (AvgIpc) is 2.72. The highest BCUT2D eigenvalue weighted by molar-refractivity contribution is 8.01. The van der Waals surface area contributed by atoms with Crippen molar-refractivity contribution in [1.82, 2.24) is 15.1 Å². The molecule has 1 aliphatic rings. The summed E-state index contributed by atoms with van der Waals surface area (Å²) < 4.78 is 0.692. The number of thioether (sulfide) groups is 1. The lowest BCUT2D eigenvalue weighted by Crippen LogP contribution is -2.54. The number of hydrogen-bond donors (Lipinski definition) is 2. The molecule has 0 atom stereocenters. The monoisotopic (exact) mass is 302 g/mol. The maximum absolute atomic E-state index is 10.5. The van der Waals surface area contributed by atoms with E-state index in [0.29, 0.717) is 4.34 Å². The highest BCUT2D eigenvalue weighted by atomic mass is 32.2. The van der Waals surface area contributed by atoms with Gasteiger partial charge in [0, 0.05) is 12.1 Å². The highest BCUT2D eigenvalue weighted by Gasteiger charge is 2.38. The van der Waals surface area contributed by atoms with Crippen LogP contribution < -0.4 is 5.32 Å². The summed E-state index contributed by atoms with van der Waals surface area (Å²) in [7, 11) is 4.21. The molecule has 1 aromatic rings. The topological polar surface area (TPSA) is 78.3 Å². The lowest BCUT2D eigenvalue weighted by Gasteiger charge is -2.47. The van der Waals surface area contributed by atoms with Gasteiger partial charge < -0.3 is 15.3 Å². The molecule has 2 N–H and O–H groups in total. The molecule has 0 radical (unpaired) electrons. The lowest BCUT2D eigenvalue weighted by atomic mass is 9.75. The number of likely N-dealkylation sites (N-methyl/N-ethyl adjacent to an activating group) is 1. The summed E-state index contributed by atoms with van der Waals surface area (Å²) in [5.74, 6) is -0.813. The van der Waals surface area contributed by atoms with E-state index in [-0.39, 0.29) is 11.3 Å². The van der Waals surface area contributed by atoms with Gasteiger partial charge in [0.1, 0.15) is 0 Å². The number of carboxylic acid groups (broad SMARTS) is 1. The summed E-state index contributed by atoms with van der Waals surface area (Å²) in [4.78, 5) is 12.7. The van der Waals surface area contributed by atoms with E-state index in [2.05, 4.69) is 34.5 Å². The molecule has 1 saturated carbocycles. The zero-order valence-electron chi connectivity index (χ0n) is 11.0. The van der Waals surface area contributed by atoms with Gasteiger partial charge in [-0.25, -0.2) is 0 Å². The summed E-state index contributed by atoms with van der Waals surface area (Å²) in [6.45, 7) is 0.859. The summed E-state index contributed by atoms with van der Waals surface area (Å²) in [6, 6.07) is 0. The van der Waals surface area contributed by atoms with E-state index in [1.165, 1.54) is 42.4 Å². The molecule has 0 unspecified atom stereocenters. The van der Waals surface area contributed by atoms with Crippen LogP contribution >= 0.6 is 23.1 Å². The van der Waals surface area contributed by atoms with Gasteiger partial charge in [0.05, 0.1) is 5.75 Å². The van der Waals surface area contributed by atoms with Gasteiger partial charge in [-0.15, -0.1) is 10.2 Å². The van der Waals surface area contributed by atoms with Crippen LogP contribution in [0.15, 0.2) is 4.34 Å². The summed E-state index contributed by atoms with van der Waals surface area (Å²) in [5.41, 5.74) is 0.236. The summed E-state index contributed by atoms with van der Waals surface area (Å²) in [6.07, 6.45) is 3.68. The van der Waals surface area contributed by atoms with Crippen molar-refractivity contribution in [1.29, 1.82) is 0 Å². The van der Waals surface area contributed by atoms with E-state index in [1.54, 1.807) is 0 Å². The van der Waals surface area contributed by atoms with Gasteiger partial charge in [0.15, 0.2) is 4.34 Å². The SMILES string of the molecule is CN(C)C1(CNc2nnc(SCC(=O)O)s2)CCC1. The summed E-state index contributed by atoms with van der Waals surface area (Å²) >= 11 is 2.61. The Morgan fingerprint density at radius 2 is 2.26 bits per heavy atom. The summed E-state index contributed by atoms with van der Waals surface area (Å²) in [5, 5.41) is 20.7. The van der Waals surface area contributed by atoms with Crippen LogP contribution in [0.3, 0.4) is 0 Å². The van der Waals surface area contributed by atoms with Crippen molar-refractivity contribution in [3.63, 3.8) is 0 Å². The number of carboxylic acids is 1. The second-order valence-electron chi connectivity index (χ2n) is 4.88. The van der Waals surface area contributed by atoms with Gasteiger partial charge in [0.2, 0.25) is 5.13 Å². The van der Waals surface area contributed by atoms with Crippen LogP contribution in [-0.2, 0) is 4.79 Å². The molecule has 0 saturated heterocycles. The number of aromatic nitrogens is 2. The lowest BCUT2D eigenvalue weighted by molar-refractivity contribution is -0.133. The molecule has 0 aromatic carbocycles. The Bertz CT molecular complexity index is 446. The van der Waals surface area contributed by atoms with Crippen molar-refractivity contribution in [3.05, 3.63) is 0 Å². The van der Waals surface area contributed by atoms with Crippen LogP contribution in [0.1, 0.15) is 19.3 Å². The molecule has 0 spiro atoms. The predicted octanol–water partition coefficient (Wildman–Crippen LogP) is 1.61. The number of rotatable bonds is 7. The largest absolute Gasteiger partial charge is 0.481 e. The molecule has 0 amide bonds. The zero-order chi connectivity index (χ0) is 13.9. The van der Waals surface area contributed by atoms with Crippen LogP contribution in [0.2, 0.25) is 0 Å². The van der Waals surface area contributed by atoms with Crippen molar-refractivity contribution in [2.24, 2.45) is 0 Å². The molecule has 0 aliphatic heterocycles. The van der Waals surface area contributed by atoms with Crippen molar-refractivity contribution < 1.29 is 9.90 Å². The first-order chi connectivity index (χ1) is 9.02. The Balaban J connectivity index is 1.84. The molecule has 1 fully saturated rings. The van der Waals surface area contributed by atoms with Crippen LogP contribution in [0, 0.1) is 0 Å². The third-order valence-corrected chi connectivity index (χ3v) is 5.53. The first-order valence-corrected chi connectivity index (χ1v) is 7.91. The fraction of sp³-hybridized carbons (Fsp3) is 0.727. The molecule has 1 aliphatic carbocycles. The molecule has 19 heavy (non-hydrogen) atoms. The molecular weight excluding hydrogens is 284 g/mol. The predicted molar refractivity (Wildman–Crippen MR) is 77.0 cm³/mol. The smallest absolute Gasteiger partial charge is 0.313 e. The first-order valence-electron chi connectivity index (χ1n) is 6.11. The minimum absolute atomic E-state index is 0.0241. The molecule has 2 rings (SSSR count). The van der Waals surface area contributed by atoms with E-state index in [0.717, 1.165) is 11.7 Å². The number of anilines is 1. The molecule has 8 heteroatoms. The van der Waals surface area contributed by atoms with Crippen LogP contribution in [-0.4, -0.2) is 58.1 Å². The molecule has 0 bridgehead atoms. The maximum Gasteiger partial charge on any atom is 0.313 e. The molecule has 1 aromatic heterocycles. The molecule has 6 nitrogen and oxygen atoms in total. The number of hydrogen-bond acceptors (Lipinski definition) is 7. The van der Waals surface area contributed by atoms with E-state index < -0.39 is 5.97 Å². The van der Waals surface area contributed by atoms with E-state index in [4.69, 9.17) is 5.11 Å². The standard InChI is InChI=1S/C11H18N4O2S2/c1-15(2)11(4-3-5-11)7-12-9-13-14-10(19-9)18-6-8(16)17/h3-7H2,1-2H3,(H,12,13)(H,16,17). The second kappa shape index (κ2) is 6.06. The zero-order valence-corrected chi connectivity index (χ0v) is 12.7. The number of aliphatic carboxylic acids is 1. The van der Waals surface area contributed by atoms with E-state index in [1.807, 2.05) is 0 Å². The fourth-order valence-corrected chi connectivity index (χ4v) is 3.54. The van der Waals surface area contributed by atoms with Gasteiger partial charge in [-0.2, -0.15) is 0 Å². The molecule has 106 valence electrons.